The summed E-state index contributed by atoms with van der Waals surface area (Å²) in [5.74, 6) is -0.745. The van der Waals surface area contributed by atoms with Crippen LogP contribution in [0.15, 0.2) is 59.3 Å². The number of Topliss-reactive ketones (excluding diaryl/α,β-unsaturated/α-hetero) is 1. The van der Waals surface area contributed by atoms with Crippen LogP contribution in [0.1, 0.15) is 44.7 Å². The van der Waals surface area contributed by atoms with Crippen LogP contribution in [0.25, 0.3) is 0 Å². The molecule has 1 N–H and O–H groups in total. The Labute approximate surface area is 224 Å². The summed E-state index contributed by atoms with van der Waals surface area (Å²) in [5, 5.41) is 6.73. The minimum Gasteiger partial charge on any atom is -0.467 e. The highest BCUT2D eigenvalue weighted by Gasteiger charge is 2.44. The van der Waals surface area contributed by atoms with Crippen LogP contribution >= 0.6 is 11.3 Å². The van der Waals surface area contributed by atoms with Gasteiger partial charge in [-0.1, -0.05) is 0 Å². The molecule has 1 atom stereocenters. The predicted molar refractivity (Wildman–Crippen MR) is 141 cm³/mol. The number of piperidine rings is 1. The lowest BCUT2D eigenvalue weighted by molar-refractivity contribution is -0.133. The second-order valence-corrected chi connectivity index (χ2v) is 10.7. The number of amides is 2. The first-order chi connectivity index (χ1) is 18.0. The molecule has 3 aromatic rings. The third-order valence-corrected chi connectivity index (χ3v) is 6.54. The summed E-state index contributed by atoms with van der Waals surface area (Å²) in [4.78, 5) is 40.2. The predicted octanol–water partition coefficient (Wildman–Crippen LogP) is 5.67. The first-order valence-electron chi connectivity index (χ1n) is 11.9. The lowest BCUT2D eigenvalue weighted by Gasteiger charge is -2.39. The zero-order chi connectivity index (χ0) is 27.5. The molecule has 1 fully saturated rings. The minimum atomic E-state index is -1.24. The van der Waals surface area contributed by atoms with E-state index in [9.17, 15) is 18.8 Å². The number of methoxy groups -OCH3 is 1. The van der Waals surface area contributed by atoms with E-state index >= 15 is 0 Å². The van der Waals surface area contributed by atoms with Crippen LogP contribution in [0.4, 0.5) is 20.6 Å². The van der Waals surface area contributed by atoms with Crippen molar-refractivity contribution >= 4 is 40.5 Å². The van der Waals surface area contributed by atoms with Crippen LogP contribution in [0.3, 0.4) is 0 Å². The van der Waals surface area contributed by atoms with Crippen molar-refractivity contribution < 1.29 is 33.0 Å². The monoisotopic (exact) mass is 540 g/mol. The number of carbonyl (C=O) groups is 3. The van der Waals surface area contributed by atoms with Gasteiger partial charge in [0.25, 0.3) is 0 Å². The van der Waals surface area contributed by atoms with Gasteiger partial charge >= 0.3 is 6.09 Å². The Kier molecular flexibility index (Phi) is 7.84. The number of hydrogen-bond acceptors (Lipinski definition) is 7. The fourth-order valence-electron chi connectivity index (χ4n) is 4.36. The molecule has 10 heteroatoms. The standard InChI is InChI=1S/C28H29FN2O6S/c1-27(2,3)37-26(34)31(20-7-5-19(29)6-8-20)21-9-10-24(36-17-35-4)23(13-21)28(18-11-12-38-16-18)15-22(32)14-25(33)30-28/h5-13,16H,14-15,17H2,1-4H3,(H,30,33). The van der Waals surface area contributed by atoms with Crippen molar-refractivity contribution in [3.63, 3.8) is 0 Å². The van der Waals surface area contributed by atoms with Crippen LogP contribution in [-0.2, 0) is 24.6 Å². The van der Waals surface area contributed by atoms with Gasteiger partial charge < -0.3 is 19.5 Å². The molecule has 8 nitrogen and oxygen atoms in total. The topological polar surface area (TPSA) is 94.2 Å². The molecule has 200 valence electrons. The number of carbonyl (C=O) groups excluding carboxylic acids is 3. The molecule has 38 heavy (non-hydrogen) atoms. The van der Waals surface area contributed by atoms with E-state index in [4.69, 9.17) is 14.2 Å². The second kappa shape index (κ2) is 10.9. The summed E-state index contributed by atoms with van der Waals surface area (Å²) in [7, 11) is 1.48. The molecule has 4 rings (SSSR count). The van der Waals surface area contributed by atoms with Gasteiger partial charge in [0.15, 0.2) is 6.79 Å². The quantitative estimate of drug-likeness (QED) is 0.307. The molecule has 2 amide bonds. The summed E-state index contributed by atoms with van der Waals surface area (Å²) in [6, 6.07) is 12.2. The maximum Gasteiger partial charge on any atom is 0.419 e. The van der Waals surface area contributed by atoms with E-state index < -0.39 is 29.0 Å². The van der Waals surface area contributed by atoms with Crippen LogP contribution in [0.5, 0.6) is 5.75 Å². The molecular weight excluding hydrogens is 511 g/mol. The van der Waals surface area contributed by atoms with E-state index in [-0.39, 0.29) is 25.4 Å². The Morgan fingerprint density at radius 2 is 1.82 bits per heavy atom. The van der Waals surface area contributed by atoms with Crippen molar-refractivity contribution in [1.29, 1.82) is 0 Å². The highest BCUT2D eigenvalue weighted by atomic mass is 32.1. The third-order valence-electron chi connectivity index (χ3n) is 5.86. The van der Waals surface area contributed by atoms with Gasteiger partial charge in [0.1, 0.15) is 28.5 Å². The highest BCUT2D eigenvalue weighted by Crippen LogP contribution is 2.44. The van der Waals surface area contributed by atoms with Gasteiger partial charge in [-0.2, -0.15) is 11.3 Å². The smallest absolute Gasteiger partial charge is 0.419 e. The summed E-state index contributed by atoms with van der Waals surface area (Å²) < 4.78 is 30.4. The normalized spacial score (nSPS) is 17.6. The van der Waals surface area contributed by atoms with Crippen molar-refractivity contribution in [2.75, 3.05) is 18.8 Å². The summed E-state index contributed by atoms with van der Waals surface area (Å²) in [6.45, 7) is 5.16. The molecule has 0 aliphatic carbocycles. The second-order valence-electron chi connectivity index (χ2n) is 9.88. The Morgan fingerprint density at radius 3 is 2.42 bits per heavy atom. The Morgan fingerprint density at radius 1 is 1.11 bits per heavy atom. The Bertz CT molecular complexity index is 1300. The number of nitrogens with zero attached hydrogens (tertiary/aromatic N) is 1. The summed E-state index contributed by atoms with van der Waals surface area (Å²) in [5.41, 5.74) is -0.149. The minimum absolute atomic E-state index is 0.00868. The van der Waals surface area contributed by atoms with E-state index in [0.29, 0.717) is 28.3 Å². The molecule has 2 heterocycles. The fraction of sp³-hybridized carbons (Fsp3) is 0.321. The number of hydrogen-bond donors (Lipinski definition) is 1. The fourth-order valence-corrected chi connectivity index (χ4v) is 5.09. The van der Waals surface area contributed by atoms with Gasteiger partial charge in [0.2, 0.25) is 5.91 Å². The van der Waals surface area contributed by atoms with E-state index in [1.165, 1.54) is 47.6 Å². The van der Waals surface area contributed by atoms with Crippen molar-refractivity contribution in [2.24, 2.45) is 0 Å². The van der Waals surface area contributed by atoms with Gasteiger partial charge in [0, 0.05) is 19.1 Å². The lowest BCUT2D eigenvalue weighted by atomic mass is 9.76. The zero-order valence-corrected chi connectivity index (χ0v) is 22.4. The SMILES string of the molecule is COCOc1ccc(N(C(=O)OC(C)(C)C)c2ccc(F)cc2)cc1C1(c2ccsc2)CC(=O)CC(=O)N1. The average molecular weight is 541 g/mol. The summed E-state index contributed by atoms with van der Waals surface area (Å²) in [6.07, 6.45) is -0.918. The van der Waals surface area contributed by atoms with Crippen molar-refractivity contribution in [2.45, 2.75) is 44.8 Å². The molecule has 1 saturated heterocycles. The molecule has 1 aliphatic rings. The molecule has 1 aliphatic heterocycles. The molecule has 0 radical (unpaired) electrons. The first kappa shape index (κ1) is 27.3. The molecular formula is C28H29FN2O6S. The third kappa shape index (κ3) is 5.87. The number of ketones is 1. The van der Waals surface area contributed by atoms with Crippen LogP contribution in [0.2, 0.25) is 0 Å². The van der Waals surface area contributed by atoms with E-state index in [1.807, 2.05) is 16.8 Å². The maximum atomic E-state index is 13.7. The van der Waals surface area contributed by atoms with Crippen LogP contribution < -0.4 is 15.0 Å². The molecule has 0 spiro atoms. The van der Waals surface area contributed by atoms with E-state index in [0.717, 1.165) is 0 Å². The number of benzene rings is 2. The largest absolute Gasteiger partial charge is 0.467 e. The zero-order valence-electron chi connectivity index (χ0n) is 21.6. The van der Waals surface area contributed by atoms with Crippen molar-refractivity contribution in [1.82, 2.24) is 5.32 Å². The first-order valence-corrected chi connectivity index (χ1v) is 12.9. The van der Waals surface area contributed by atoms with Gasteiger partial charge in [-0.15, -0.1) is 0 Å². The number of thiophene rings is 1. The van der Waals surface area contributed by atoms with Crippen molar-refractivity contribution in [3.05, 3.63) is 76.2 Å². The maximum absolute atomic E-state index is 13.7. The Hall–Kier alpha value is -3.76. The van der Waals surface area contributed by atoms with Crippen molar-refractivity contribution in [3.8, 4) is 5.75 Å². The average Bonchev–Trinajstić information content (AvgIpc) is 3.38. The van der Waals surface area contributed by atoms with E-state index in [2.05, 4.69) is 5.32 Å². The van der Waals surface area contributed by atoms with Gasteiger partial charge in [0.05, 0.1) is 17.8 Å². The Balaban J connectivity index is 1.93. The number of halogens is 1. The summed E-state index contributed by atoms with van der Waals surface area (Å²) >= 11 is 1.42. The molecule has 2 aromatic carbocycles. The highest BCUT2D eigenvalue weighted by molar-refractivity contribution is 7.08. The lowest BCUT2D eigenvalue weighted by Crippen LogP contribution is -2.52. The molecule has 1 unspecified atom stereocenters. The number of nitrogens with one attached hydrogen (secondary N) is 1. The van der Waals surface area contributed by atoms with Crippen LogP contribution in [0, 0.1) is 5.82 Å². The van der Waals surface area contributed by atoms with Gasteiger partial charge in [-0.25, -0.2) is 14.1 Å². The van der Waals surface area contributed by atoms with Gasteiger partial charge in [-0.3, -0.25) is 9.59 Å². The molecule has 1 aromatic heterocycles. The number of rotatable bonds is 7. The van der Waals surface area contributed by atoms with Gasteiger partial charge in [-0.05, 0) is 85.6 Å². The molecule has 0 saturated carbocycles. The number of anilines is 2. The number of ether oxygens (including phenoxy) is 3. The van der Waals surface area contributed by atoms with Crippen LogP contribution in [-0.4, -0.2) is 37.3 Å². The van der Waals surface area contributed by atoms with E-state index in [1.54, 1.807) is 39.0 Å². The molecule has 0 bridgehead atoms.